The summed E-state index contributed by atoms with van der Waals surface area (Å²) in [4.78, 5) is 0. The summed E-state index contributed by atoms with van der Waals surface area (Å²) >= 11 is 3.18. The van der Waals surface area contributed by atoms with Gasteiger partial charge in [0.1, 0.15) is 17.7 Å². The number of ether oxygens (including phenoxy) is 1. The summed E-state index contributed by atoms with van der Waals surface area (Å²) in [6, 6.07) is 4.16. The van der Waals surface area contributed by atoms with Gasteiger partial charge in [0, 0.05) is 0 Å². The van der Waals surface area contributed by atoms with Crippen molar-refractivity contribution in [3.05, 3.63) is 28.5 Å². The molecule has 0 saturated heterocycles. The van der Waals surface area contributed by atoms with Gasteiger partial charge in [-0.1, -0.05) is 0 Å². The van der Waals surface area contributed by atoms with Gasteiger partial charge in [0.25, 0.3) is 0 Å². The third kappa shape index (κ3) is 2.96. The molecule has 2 nitrogen and oxygen atoms in total. The highest BCUT2D eigenvalue weighted by atomic mass is 79.9. The molecular formula is C10H12BrFO2. The average Bonchev–Trinajstić information content (AvgIpc) is 2.09. The Bertz CT molecular complexity index is 315. The predicted molar refractivity (Wildman–Crippen MR) is 55.9 cm³/mol. The lowest BCUT2D eigenvalue weighted by atomic mass is 10.2. The summed E-state index contributed by atoms with van der Waals surface area (Å²) < 4.78 is 18.7. The molecule has 0 aliphatic heterocycles. The Morgan fingerprint density at radius 3 is 2.57 bits per heavy atom. The monoisotopic (exact) mass is 262 g/mol. The van der Waals surface area contributed by atoms with E-state index in [0.717, 1.165) is 0 Å². The van der Waals surface area contributed by atoms with Crippen molar-refractivity contribution in [3.63, 3.8) is 0 Å². The highest BCUT2D eigenvalue weighted by Crippen LogP contribution is 2.26. The Morgan fingerprint density at radius 1 is 1.43 bits per heavy atom. The Morgan fingerprint density at radius 2 is 2.07 bits per heavy atom. The summed E-state index contributed by atoms with van der Waals surface area (Å²) in [6.45, 7) is 3.39. The molecule has 78 valence electrons. The number of hydrogen-bond acceptors (Lipinski definition) is 2. The van der Waals surface area contributed by atoms with Gasteiger partial charge in [-0.15, -0.1) is 0 Å². The van der Waals surface area contributed by atoms with E-state index in [9.17, 15) is 9.50 Å². The highest BCUT2D eigenvalue weighted by Gasteiger charge is 2.12. The van der Waals surface area contributed by atoms with E-state index < -0.39 is 6.10 Å². The summed E-state index contributed by atoms with van der Waals surface area (Å²) in [6.07, 6.45) is -0.885. The number of rotatable bonds is 3. The maximum absolute atomic E-state index is 12.7. The fourth-order valence-corrected chi connectivity index (χ4v) is 1.31. The molecule has 1 aromatic rings. The van der Waals surface area contributed by atoms with E-state index >= 15 is 0 Å². The SMILES string of the molecule is CC(O)C(C)Oc1ccc(F)cc1Br. The second-order valence-corrected chi connectivity index (χ2v) is 3.99. The van der Waals surface area contributed by atoms with Crippen LogP contribution in [0, 0.1) is 5.82 Å². The molecule has 14 heavy (non-hydrogen) atoms. The van der Waals surface area contributed by atoms with Crippen molar-refractivity contribution in [2.24, 2.45) is 0 Å². The van der Waals surface area contributed by atoms with Crippen molar-refractivity contribution in [2.45, 2.75) is 26.1 Å². The number of aliphatic hydroxyl groups excluding tert-OH is 1. The molecule has 0 aromatic heterocycles. The van der Waals surface area contributed by atoms with E-state index in [-0.39, 0.29) is 11.9 Å². The third-order valence-electron chi connectivity index (χ3n) is 1.89. The van der Waals surface area contributed by atoms with Crippen LogP contribution >= 0.6 is 15.9 Å². The van der Waals surface area contributed by atoms with Crippen LogP contribution in [0.5, 0.6) is 5.75 Å². The molecule has 2 unspecified atom stereocenters. The van der Waals surface area contributed by atoms with E-state index in [1.165, 1.54) is 18.2 Å². The lowest BCUT2D eigenvalue weighted by Gasteiger charge is -2.17. The van der Waals surface area contributed by atoms with Gasteiger partial charge in [0.15, 0.2) is 0 Å². The van der Waals surface area contributed by atoms with E-state index in [0.29, 0.717) is 10.2 Å². The van der Waals surface area contributed by atoms with Crippen LogP contribution in [0.1, 0.15) is 13.8 Å². The van der Waals surface area contributed by atoms with Gasteiger partial charge >= 0.3 is 0 Å². The van der Waals surface area contributed by atoms with E-state index in [4.69, 9.17) is 4.74 Å². The largest absolute Gasteiger partial charge is 0.487 e. The Kier molecular flexibility index (Phi) is 3.89. The zero-order valence-corrected chi connectivity index (χ0v) is 9.58. The fraction of sp³-hybridized carbons (Fsp3) is 0.400. The van der Waals surface area contributed by atoms with Crippen molar-refractivity contribution >= 4 is 15.9 Å². The minimum absolute atomic E-state index is 0.322. The van der Waals surface area contributed by atoms with E-state index in [2.05, 4.69) is 15.9 Å². The first-order valence-electron chi connectivity index (χ1n) is 4.30. The second kappa shape index (κ2) is 4.75. The summed E-state index contributed by atoms with van der Waals surface area (Å²) in [7, 11) is 0. The van der Waals surface area contributed by atoms with E-state index in [1.807, 2.05) is 0 Å². The zero-order chi connectivity index (χ0) is 10.7. The number of hydrogen-bond donors (Lipinski definition) is 1. The molecule has 0 bridgehead atoms. The van der Waals surface area contributed by atoms with Gasteiger partial charge in [-0.25, -0.2) is 4.39 Å². The van der Waals surface area contributed by atoms with Crippen molar-refractivity contribution in [1.82, 2.24) is 0 Å². The molecule has 1 rings (SSSR count). The number of benzene rings is 1. The molecule has 1 N–H and O–H groups in total. The lowest BCUT2D eigenvalue weighted by molar-refractivity contribution is 0.0599. The Hall–Kier alpha value is -0.610. The molecule has 0 heterocycles. The van der Waals surface area contributed by atoms with Crippen LogP contribution in [0.4, 0.5) is 4.39 Å². The van der Waals surface area contributed by atoms with Crippen LogP contribution < -0.4 is 4.74 Å². The summed E-state index contributed by atoms with van der Waals surface area (Å²) in [5.74, 6) is 0.203. The molecular weight excluding hydrogens is 251 g/mol. The van der Waals surface area contributed by atoms with Crippen molar-refractivity contribution < 1.29 is 14.2 Å². The van der Waals surface area contributed by atoms with Crippen LogP contribution in [0.2, 0.25) is 0 Å². The lowest BCUT2D eigenvalue weighted by Crippen LogP contribution is -2.25. The minimum Gasteiger partial charge on any atom is -0.487 e. The van der Waals surface area contributed by atoms with Gasteiger partial charge in [0.2, 0.25) is 0 Å². The van der Waals surface area contributed by atoms with Gasteiger partial charge in [-0.3, -0.25) is 0 Å². The first kappa shape index (κ1) is 11.5. The molecule has 0 spiro atoms. The maximum Gasteiger partial charge on any atom is 0.134 e. The fourth-order valence-electron chi connectivity index (χ4n) is 0.870. The Balaban J connectivity index is 2.77. The molecule has 0 aliphatic rings. The van der Waals surface area contributed by atoms with Gasteiger partial charge in [0.05, 0.1) is 10.6 Å². The molecule has 0 amide bonds. The molecule has 0 fully saturated rings. The zero-order valence-electron chi connectivity index (χ0n) is 8.00. The molecule has 1 aromatic carbocycles. The van der Waals surface area contributed by atoms with Crippen molar-refractivity contribution in [3.8, 4) is 5.75 Å². The Labute approximate surface area is 90.8 Å². The molecule has 4 heteroatoms. The number of halogens is 2. The van der Waals surface area contributed by atoms with Crippen LogP contribution in [0.3, 0.4) is 0 Å². The van der Waals surface area contributed by atoms with Crippen LogP contribution in [-0.2, 0) is 0 Å². The first-order chi connectivity index (χ1) is 6.50. The van der Waals surface area contributed by atoms with Crippen LogP contribution in [0.25, 0.3) is 0 Å². The summed E-state index contributed by atoms with van der Waals surface area (Å²) in [5, 5.41) is 9.21. The second-order valence-electron chi connectivity index (χ2n) is 3.14. The maximum atomic E-state index is 12.7. The van der Waals surface area contributed by atoms with Crippen molar-refractivity contribution in [2.75, 3.05) is 0 Å². The number of aliphatic hydroxyl groups is 1. The molecule has 2 atom stereocenters. The van der Waals surface area contributed by atoms with Gasteiger partial charge < -0.3 is 9.84 Å². The van der Waals surface area contributed by atoms with Gasteiger partial charge in [-0.05, 0) is 48.0 Å². The highest BCUT2D eigenvalue weighted by molar-refractivity contribution is 9.10. The van der Waals surface area contributed by atoms with Crippen LogP contribution in [0.15, 0.2) is 22.7 Å². The molecule has 0 saturated carbocycles. The normalized spacial score (nSPS) is 14.9. The minimum atomic E-state index is -0.563. The van der Waals surface area contributed by atoms with E-state index in [1.54, 1.807) is 13.8 Å². The van der Waals surface area contributed by atoms with Crippen LogP contribution in [-0.4, -0.2) is 17.3 Å². The molecule has 0 aliphatic carbocycles. The third-order valence-corrected chi connectivity index (χ3v) is 2.51. The smallest absolute Gasteiger partial charge is 0.134 e. The molecule has 0 radical (unpaired) electrons. The van der Waals surface area contributed by atoms with Crippen molar-refractivity contribution in [1.29, 1.82) is 0 Å². The first-order valence-corrected chi connectivity index (χ1v) is 5.10. The topological polar surface area (TPSA) is 29.5 Å². The van der Waals surface area contributed by atoms with Gasteiger partial charge in [-0.2, -0.15) is 0 Å². The summed E-state index contributed by atoms with van der Waals surface area (Å²) in [5.41, 5.74) is 0. The quantitative estimate of drug-likeness (QED) is 0.908. The average molecular weight is 263 g/mol. The standard InChI is InChI=1S/C10H12BrFO2/c1-6(13)7(2)14-10-4-3-8(12)5-9(10)11/h3-7,13H,1-2H3. The predicted octanol–water partition coefficient (Wildman–Crippen LogP) is 2.74.